The van der Waals surface area contributed by atoms with Crippen LogP contribution in [0.1, 0.15) is 41.3 Å². The number of furan rings is 1. The molecular weight excluding hydrogens is 294 g/mol. The summed E-state index contributed by atoms with van der Waals surface area (Å²) in [5.74, 6) is 2.18. The average molecular weight is 317 g/mol. The lowest BCUT2D eigenvalue weighted by molar-refractivity contribution is 0.0953. The largest absolute Gasteiger partial charge is 0.464 e. The number of carbonyl (C=O) groups is 1. The minimum atomic E-state index is -0.138. The second-order valence-corrected chi connectivity index (χ2v) is 5.29. The number of ether oxygens (including phenoxy) is 1. The van der Waals surface area contributed by atoms with Crippen LogP contribution in [0.5, 0.6) is 0 Å². The number of rotatable bonds is 8. The lowest BCUT2D eigenvalue weighted by Crippen LogP contribution is -2.24. The Bertz CT molecular complexity index is 622. The maximum Gasteiger partial charge on any atom is 0.252 e. The Morgan fingerprint density at radius 2 is 2.17 bits per heavy atom. The van der Waals surface area contributed by atoms with Crippen molar-refractivity contribution in [2.75, 3.05) is 25.6 Å². The topological polar surface area (TPSA) is 76.4 Å². The van der Waals surface area contributed by atoms with E-state index in [4.69, 9.17) is 9.15 Å². The fourth-order valence-corrected chi connectivity index (χ4v) is 2.13. The zero-order valence-electron chi connectivity index (χ0n) is 13.8. The molecule has 0 spiro atoms. The van der Waals surface area contributed by atoms with E-state index in [9.17, 15) is 4.79 Å². The summed E-state index contributed by atoms with van der Waals surface area (Å²) < 4.78 is 10.9. The maximum absolute atomic E-state index is 11.9. The van der Waals surface area contributed by atoms with Gasteiger partial charge in [0.2, 0.25) is 0 Å². The van der Waals surface area contributed by atoms with Gasteiger partial charge in [0.05, 0.1) is 12.2 Å². The van der Waals surface area contributed by atoms with Crippen LogP contribution in [0.25, 0.3) is 0 Å². The van der Waals surface area contributed by atoms with E-state index in [-0.39, 0.29) is 11.9 Å². The highest BCUT2D eigenvalue weighted by Gasteiger charge is 2.16. The number of hydrogen-bond donors (Lipinski definition) is 2. The Hall–Kier alpha value is -2.34. The molecule has 0 aliphatic carbocycles. The number of pyridine rings is 1. The van der Waals surface area contributed by atoms with Gasteiger partial charge in [0.25, 0.3) is 5.91 Å². The van der Waals surface area contributed by atoms with Gasteiger partial charge in [-0.3, -0.25) is 4.79 Å². The molecule has 2 aromatic rings. The first-order chi connectivity index (χ1) is 11.1. The summed E-state index contributed by atoms with van der Waals surface area (Å²) in [5, 5.41) is 6.08. The zero-order chi connectivity index (χ0) is 16.7. The highest BCUT2D eigenvalue weighted by molar-refractivity contribution is 5.94. The maximum atomic E-state index is 11.9. The first-order valence-electron chi connectivity index (χ1n) is 7.70. The van der Waals surface area contributed by atoms with Gasteiger partial charge < -0.3 is 19.8 Å². The first kappa shape index (κ1) is 17.0. The van der Waals surface area contributed by atoms with Crippen LogP contribution in [0.2, 0.25) is 0 Å². The van der Waals surface area contributed by atoms with E-state index >= 15 is 0 Å². The van der Waals surface area contributed by atoms with E-state index in [2.05, 4.69) is 15.6 Å². The predicted octanol–water partition coefficient (Wildman–Crippen LogP) is 2.92. The number of aryl methyl sites for hydroxylation is 1. The van der Waals surface area contributed by atoms with Crippen molar-refractivity contribution in [3.8, 4) is 0 Å². The summed E-state index contributed by atoms with van der Waals surface area (Å²) >= 11 is 0. The number of nitrogens with one attached hydrogen (secondary N) is 2. The molecule has 0 aromatic carbocycles. The van der Waals surface area contributed by atoms with Gasteiger partial charge in [-0.15, -0.1) is 0 Å². The normalized spacial score (nSPS) is 12.0. The van der Waals surface area contributed by atoms with Gasteiger partial charge >= 0.3 is 0 Å². The Morgan fingerprint density at radius 1 is 1.35 bits per heavy atom. The van der Waals surface area contributed by atoms with Crippen LogP contribution in [-0.2, 0) is 4.74 Å². The van der Waals surface area contributed by atoms with Crippen molar-refractivity contribution in [2.24, 2.45) is 0 Å². The van der Waals surface area contributed by atoms with Gasteiger partial charge in [-0.25, -0.2) is 4.98 Å². The predicted molar refractivity (Wildman–Crippen MR) is 88.5 cm³/mol. The fraction of sp³-hybridized carbons (Fsp3) is 0.412. The molecule has 2 N–H and O–H groups in total. The van der Waals surface area contributed by atoms with Gasteiger partial charge in [0.15, 0.2) is 0 Å². The van der Waals surface area contributed by atoms with Gasteiger partial charge in [-0.05, 0) is 37.6 Å². The third-order valence-corrected chi connectivity index (χ3v) is 3.32. The Balaban J connectivity index is 2.04. The SMILES string of the molecule is CCCNC(=O)c1ccc(NC(COC)c2ccc(C)o2)nc1. The van der Waals surface area contributed by atoms with Gasteiger partial charge in [-0.2, -0.15) is 0 Å². The van der Waals surface area contributed by atoms with E-state index in [0.717, 1.165) is 17.9 Å². The molecule has 2 heterocycles. The van der Waals surface area contributed by atoms with Crippen LogP contribution < -0.4 is 10.6 Å². The molecule has 6 heteroatoms. The summed E-state index contributed by atoms with van der Waals surface area (Å²) in [7, 11) is 1.64. The van der Waals surface area contributed by atoms with Crippen molar-refractivity contribution in [1.82, 2.24) is 10.3 Å². The second kappa shape index (κ2) is 8.33. The average Bonchev–Trinajstić information content (AvgIpc) is 2.99. The highest BCUT2D eigenvalue weighted by Crippen LogP contribution is 2.21. The molecule has 0 aliphatic rings. The van der Waals surface area contributed by atoms with Gasteiger partial charge in [0.1, 0.15) is 23.4 Å². The van der Waals surface area contributed by atoms with Crippen molar-refractivity contribution in [3.63, 3.8) is 0 Å². The Labute approximate surface area is 136 Å². The number of hydrogen-bond acceptors (Lipinski definition) is 5. The lowest BCUT2D eigenvalue weighted by Gasteiger charge is -2.16. The number of amides is 1. The summed E-state index contributed by atoms with van der Waals surface area (Å²) in [4.78, 5) is 16.2. The number of carbonyl (C=O) groups excluding carboxylic acids is 1. The third kappa shape index (κ3) is 4.82. The number of methoxy groups -OCH3 is 1. The summed E-state index contributed by atoms with van der Waals surface area (Å²) in [6.45, 7) is 5.02. The number of nitrogens with zero attached hydrogens (tertiary/aromatic N) is 1. The summed E-state index contributed by atoms with van der Waals surface area (Å²) in [6.07, 6.45) is 2.46. The molecule has 0 aliphatic heterocycles. The van der Waals surface area contributed by atoms with Crippen molar-refractivity contribution in [3.05, 3.63) is 47.5 Å². The van der Waals surface area contributed by atoms with Crippen molar-refractivity contribution >= 4 is 11.7 Å². The minimum absolute atomic E-state index is 0.110. The van der Waals surface area contributed by atoms with Crippen molar-refractivity contribution in [2.45, 2.75) is 26.3 Å². The molecular formula is C17H23N3O3. The van der Waals surface area contributed by atoms with Crippen molar-refractivity contribution in [1.29, 1.82) is 0 Å². The molecule has 0 radical (unpaired) electrons. The van der Waals surface area contributed by atoms with E-state index in [1.165, 1.54) is 0 Å². The minimum Gasteiger partial charge on any atom is -0.464 e. The molecule has 0 saturated carbocycles. The van der Waals surface area contributed by atoms with Crippen molar-refractivity contribution < 1.29 is 13.9 Å². The number of anilines is 1. The smallest absolute Gasteiger partial charge is 0.252 e. The zero-order valence-corrected chi connectivity index (χ0v) is 13.8. The monoisotopic (exact) mass is 317 g/mol. The standard InChI is InChI=1S/C17H23N3O3/c1-4-9-18-17(21)13-6-8-16(19-10-13)20-14(11-22-3)15-7-5-12(2)23-15/h5-8,10,14H,4,9,11H2,1-3H3,(H,18,21)(H,19,20). The second-order valence-electron chi connectivity index (χ2n) is 5.29. The molecule has 2 aromatic heterocycles. The van der Waals surface area contributed by atoms with E-state index in [1.54, 1.807) is 25.4 Å². The molecule has 23 heavy (non-hydrogen) atoms. The van der Waals surface area contributed by atoms with E-state index < -0.39 is 0 Å². The molecule has 1 amide bonds. The van der Waals surface area contributed by atoms with Crippen LogP contribution >= 0.6 is 0 Å². The van der Waals surface area contributed by atoms with Gasteiger partial charge in [-0.1, -0.05) is 6.92 Å². The fourth-order valence-electron chi connectivity index (χ4n) is 2.13. The molecule has 1 atom stereocenters. The molecule has 0 fully saturated rings. The van der Waals surface area contributed by atoms with Crippen LogP contribution in [-0.4, -0.2) is 31.2 Å². The van der Waals surface area contributed by atoms with Crippen LogP contribution in [0.3, 0.4) is 0 Å². The Kier molecular flexibility index (Phi) is 6.17. The Morgan fingerprint density at radius 3 is 2.74 bits per heavy atom. The third-order valence-electron chi connectivity index (χ3n) is 3.32. The summed E-state index contributed by atoms with van der Waals surface area (Å²) in [5.41, 5.74) is 0.543. The molecule has 6 nitrogen and oxygen atoms in total. The highest BCUT2D eigenvalue weighted by atomic mass is 16.5. The molecule has 0 saturated heterocycles. The summed E-state index contributed by atoms with van der Waals surface area (Å²) in [6, 6.07) is 7.21. The van der Waals surface area contributed by atoms with Crippen LogP contribution in [0, 0.1) is 6.92 Å². The quantitative estimate of drug-likeness (QED) is 0.783. The molecule has 0 bridgehead atoms. The van der Waals surface area contributed by atoms with Crippen LogP contribution in [0.15, 0.2) is 34.9 Å². The van der Waals surface area contributed by atoms with E-state index in [1.807, 2.05) is 26.0 Å². The first-order valence-corrected chi connectivity index (χ1v) is 7.70. The van der Waals surface area contributed by atoms with Gasteiger partial charge in [0, 0.05) is 19.9 Å². The molecule has 2 rings (SSSR count). The lowest BCUT2D eigenvalue weighted by atomic mass is 10.2. The molecule has 124 valence electrons. The van der Waals surface area contributed by atoms with Crippen LogP contribution in [0.4, 0.5) is 5.82 Å². The molecule has 1 unspecified atom stereocenters. The number of aromatic nitrogens is 1. The van der Waals surface area contributed by atoms with E-state index in [0.29, 0.717) is 24.5 Å².